The maximum Gasteiger partial charge on any atom is 0.333 e. The van der Waals surface area contributed by atoms with Crippen LogP contribution in [0.2, 0.25) is 0 Å². The van der Waals surface area contributed by atoms with Crippen molar-refractivity contribution >= 4 is 16.0 Å². The fraction of sp³-hybridized carbons (Fsp3) is 0.276. The van der Waals surface area contributed by atoms with Crippen LogP contribution in [-0.2, 0) is 20.2 Å². The van der Waals surface area contributed by atoms with Crippen molar-refractivity contribution in [2.45, 2.75) is 56.5 Å². The number of benzene rings is 3. The van der Waals surface area contributed by atoms with Gasteiger partial charge in [0.1, 0.15) is 5.82 Å². The van der Waals surface area contributed by atoms with Crippen molar-refractivity contribution in [2.75, 3.05) is 0 Å². The lowest BCUT2D eigenvalue weighted by Crippen LogP contribution is -2.42. The fourth-order valence-corrected chi connectivity index (χ4v) is 6.38. The Balaban J connectivity index is 1.95. The molecule has 1 N–H and O–H groups in total. The van der Waals surface area contributed by atoms with Crippen molar-refractivity contribution in [3.05, 3.63) is 113 Å². The molecule has 188 valence electrons. The first-order valence-corrected chi connectivity index (χ1v) is 13.2. The van der Waals surface area contributed by atoms with Crippen molar-refractivity contribution < 1.29 is 22.7 Å². The molecular formula is C29H30FNO4S. The Morgan fingerprint density at radius 1 is 0.972 bits per heavy atom. The molecule has 1 aliphatic rings. The molecule has 0 spiro atoms. The summed E-state index contributed by atoms with van der Waals surface area (Å²) in [6.07, 6.45) is 1.66. The molecule has 5 nitrogen and oxygen atoms in total. The van der Waals surface area contributed by atoms with Crippen LogP contribution in [0.1, 0.15) is 61.5 Å². The van der Waals surface area contributed by atoms with Gasteiger partial charge < -0.3 is 5.11 Å². The molecule has 0 saturated heterocycles. The number of halogens is 1. The smallest absolute Gasteiger partial charge is 0.333 e. The second-order valence-corrected chi connectivity index (χ2v) is 12.0. The highest BCUT2D eigenvalue weighted by molar-refractivity contribution is 7.89. The third-order valence-electron chi connectivity index (χ3n) is 6.59. The average molecular weight is 508 g/mol. The summed E-state index contributed by atoms with van der Waals surface area (Å²) >= 11 is 0. The Labute approximate surface area is 212 Å². The SMILES string of the molecule is Cc1ccc(S(=O)(=O)N2[C@@H](c3ccc(C(C)(C)C)cc3)C(C(=O)O)=CC[C@H]2c2cccc(F)c2)cc1. The Morgan fingerprint density at radius 3 is 2.17 bits per heavy atom. The molecule has 0 radical (unpaired) electrons. The van der Waals surface area contributed by atoms with Gasteiger partial charge >= 0.3 is 5.97 Å². The summed E-state index contributed by atoms with van der Waals surface area (Å²) in [5.41, 5.74) is 2.78. The van der Waals surface area contributed by atoms with E-state index >= 15 is 0 Å². The Hall–Kier alpha value is -3.29. The summed E-state index contributed by atoms with van der Waals surface area (Å²) in [7, 11) is -4.18. The maximum atomic E-state index is 14.2. The van der Waals surface area contributed by atoms with Gasteiger partial charge in [0.15, 0.2) is 0 Å². The van der Waals surface area contributed by atoms with Gasteiger partial charge in [-0.2, -0.15) is 4.31 Å². The standard InChI is InChI=1S/C29H30FNO4S/c1-19-8-14-24(15-9-19)36(34,35)31-26(21-6-5-7-23(30)18-21)17-16-25(28(32)33)27(31)20-10-12-22(13-11-20)29(2,3)4/h5-16,18,26-27H,17H2,1-4H3,(H,32,33)/t26-,27-/m0/s1. The summed E-state index contributed by atoms with van der Waals surface area (Å²) in [5, 5.41) is 10.1. The minimum Gasteiger partial charge on any atom is -0.478 e. The molecule has 0 aromatic heterocycles. The lowest BCUT2D eigenvalue weighted by Gasteiger charge is -2.40. The number of nitrogens with zero attached hydrogens (tertiary/aromatic N) is 1. The van der Waals surface area contributed by atoms with Crippen molar-refractivity contribution in [1.29, 1.82) is 0 Å². The monoisotopic (exact) mass is 507 g/mol. The van der Waals surface area contributed by atoms with Gasteiger partial charge in [-0.3, -0.25) is 0 Å². The summed E-state index contributed by atoms with van der Waals surface area (Å²) in [4.78, 5) is 12.4. The molecule has 7 heteroatoms. The first-order chi connectivity index (χ1) is 16.9. The second kappa shape index (κ2) is 9.64. The van der Waals surface area contributed by atoms with Gasteiger partial charge in [0.25, 0.3) is 0 Å². The molecule has 0 amide bonds. The summed E-state index contributed by atoms with van der Waals surface area (Å²) < 4.78 is 43.8. The lowest BCUT2D eigenvalue weighted by atomic mass is 9.84. The van der Waals surface area contributed by atoms with Crippen molar-refractivity contribution in [2.24, 2.45) is 0 Å². The zero-order chi connectivity index (χ0) is 26.3. The van der Waals surface area contributed by atoms with Gasteiger partial charge in [-0.1, -0.05) is 80.9 Å². The minimum absolute atomic E-state index is 0.0261. The molecule has 0 fully saturated rings. The van der Waals surface area contributed by atoms with E-state index in [-0.39, 0.29) is 22.3 Å². The van der Waals surface area contributed by atoms with Gasteiger partial charge in [-0.25, -0.2) is 17.6 Å². The van der Waals surface area contributed by atoms with Crippen LogP contribution in [0.3, 0.4) is 0 Å². The van der Waals surface area contributed by atoms with Gasteiger partial charge in [0.2, 0.25) is 10.0 Å². The number of aryl methyl sites for hydroxylation is 1. The quantitative estimate of drug-likeness (QED) is 0.439. The van der Waals surface area contributed by atoms with E-state index in [0.717, 1.165) is 11.1 Å². The van der Waals surface area contributed by atoms with E-state index in [4.69, 9.17) is 0 Å². The molecule has 3 aromatic carbocycles. The molecule has 36 heavy (non-hydrogen) atoms. The number of carboxylic acid groups (broad SMARTS) is 1. The third-order valence-corrected chi connectivity index (χ3v) is 8.47. The molecule has 3 aromatic rings. The molecular weight excluding hydrogens is 477 g/mol. The maximum absolute atomic E-state index is 14.2. The highest BCUT2D eigenvalue weighted by Gasteiger charge is 2.44. The zero-order valence-corrected chi connectivity index (χ0v) is 21.6. The summed E-state index contributed by atoms with van der Waals surface area (Å²) in [6.45, 7) is 8.07. The van der Waals surface area contributed by atoms with Crippen LogP contribution < -0.4 is 0 Å². The molecule has 0 saturated carbocycles. The van der Waals surface area contributed by atoms with Crippen LogP contribution in [-0.4, -0.2) is 23.8 Å². The normalized spacial score (nSPS) is 19.1. The van der Waals surface area contributed by atoms with Gasteiger partial charge in [-0.05, 0) is 59.7 Å². The number of hydrogen-bond acceptors (Lipinski definition) is 3. The topological polar surface area (TPSA) is 74.7 Å². The highest BCUT2D eigenvalue weighted by atomic mass is 32.2. The number of hydrogen-bond donors (Lipinski definition) is 1. The largest absolute Gasteiger partial charge is 0.478 e. The Morgan fingerprint density at radius 2 is 1.61 bits per heavy atom. The first kappa shape index (κ1) is 25.8. The number of aliphatic carboxylic acids is 1. The van der Waals surface area contributed by atoms with Crippen LogP contribution in [0.4, 0.5) is 4.39 Å². The number of carboxylic acids is 1. The Kier molecular flexibility index (Phi) is 6.90. The van der Waals surface area contributed by atoms with Crippen molar-refractivity contribution in [3.8, 4) is 0 Å². The van der Waals surface area contributed by atoms with Gasteiger partial charge in [0.05, 0.1) is 22.6 Å². The van der Waals surface area contributed by atoms with E-state index in [1.165, 1.54) is 34.6 Å². The van der Waals surface area contributed by atoms with Crippen LogP contribution >= 0.6 is 0 Å². The van der Waals surface area contributed by atoms with Crippen LogP contribution in [0.5, 0.6) is 0 Å². The number of carbonyl (C=O) groups is 1. The summed E-state index contributed by atoms with van der Waals surface area (Å²) in [6, 6.07) is 17.7. The van der Waals surface area contributed by atoms with Crippen molar-refractivity contribution in [3.63, 3.8) is 0 Å². The second-order valence-electron chi connectivity index (χ2n) is 10.2. The van der Waals surface area contributed by atoms with Gasteiger partial charge in [-0.15, -0.1) is 0 Å². The molecule has 2 atom stereocenters. The van der Waals surface area contributed by atoms with Crippen LogP contribution in [0.15, 0.2) is 89.3 Å². The van der Waals surface area contributed by atoms with E-state index in [0.29, 0.717) is 11.1 Å². The van der Waals surface area contributed by atoms with E-state index in [9.17, 15) is 22.7 Å². The summed E-state index contributed by atoms with van der Waals surface area (Å²) in [5.74, 6) is -1.68. The first-order valence-electron chi connectivity index (χ1n) is 11.8. The van der Waals surface area contributed by atoms with E-state index < -0.39 is 33.9 Å². The number of sulfonamides is 1. The van der Waals surface area contributed by atoms with E-state index in [2.05, 4.69) is 20.8 Å². The van der Waals surface area contributed by atoms with Crippen LogP contribution in [0, 0.1) is 12.7 Å². The fourth-order valence-electron chi connectivity index (χ4n) is 4.60. The number of rotatable bonds is 5. The third kappa shape index (κ3) is 4.99. The molecule has 0 bridgehead atoms. The van der Waals surface area contributed by atoms with E-state index in [1.54, 1.807) is 36.4 Å². The van der Waals surface area contributed by atoms with Gasteiger partial charge in [0, 0.05) is 0 Å². The predicted molar refractivity (Wildman–Crippen MR) is 138 cm³/mol. The zero-order valence-electron chi connectivity index (χ0n) is 20.8. The molecule has 0 unspecified atom stereocenters. The minimum atomic E-state index is -4.18. The predicted octanol–water partition coefficient (Wildman–Crippen LogP) is 6.32. The highest BCUT2D eigenvalue weighted by Crippen LogP contribution is 2.46. The molecule has 1 aliphatic heterocycles. The van der Waals surface area contributed by atoms with Crippen LogP contribution in [0.25, 0.3) is 0 Å². The molecule has 4 rings (SSSR count). The molecule has 1 heterocycles. The lowest BCUT2D eigenvalue weighted by molar-refractivity contribution is -0.133. The van der Waals surface area contributed by atoms with Crippen molar-refractivity contribution in [1.82, 2.24) is 4.31 Å². The molecule has 0 aliphatic carbocycles. The van der Waals surface area contributed by atoms with E-state index in [1.807, 2.05) is 19.1 Å². The average Bonchev–Trinajstić information content (AvgIpc) is 2.83. The Bertz CT molecular complexity index is 1400.